The molecule has 0 unspecified atom stereocenters. The summed E-state index contributed by atoms with van der Waals surface area (Å²) in [5, 5.41) is 2.98. The lowest BCUT2D eigenvalue weighted by atomic mass is 10.1. The molecule has 0 aromatic heterocycles. The molecular weight excluding hydrogens is 362 g/mol. The fraction of sp³-hybridized carbons (Fsp3) is 0.350. The lowest BCUT2D eigenvalue weighted by Crippen LogP contribution is -2.37. The van der Waals surface area contributed by atoms with Gasteiger partial charge >= 0.3 is 0 Å². The molecule has 0 aliphatic carbocycles. The number of hydrogen-bond donors (Lipinski definition) is 2. The molecule has 7 heteroatoms. The van der Waals surface area contributed by atoms with Crippen molar-refractivity contribution in [3.63, 3.8) is 0 Å². The highest BCUT2D eigenvalue weighted by Gasteiger charge is 2.17. The molecule has 0 heterocycles. The average molecular weight is 390 g/mol. The fourth-order valence-corrected chi connectivity index (χ4v) is 3.68. The van der Waals surface area contributed by atoms with E-state index >= 15 is 0 Å². The summed E-state index contributed by atoms with van der Waals surface area (Å²) in [6.45, 7) is 2.60. The van der Waals surface area contributed by atoms with Crippen LogP contribution >= 0.6 is 0 Å². The van der Waals surface area contributed by atoms with Crippen LogP contribution < -0.4 is 10.0 Å². The molecule has 0 saturated carbocycles. The van der Waals surface area contributed by atoms with Gasteiger partial charge in [-0.2, -0.15) is 0 Å². The molecule has 0 radical (unpaired) electrons. The summed E-state index contributed by atoms with van der Waals surface area (Å²) in [4.78, 5) is 14.5. The van der Waals surface area contributed by atoms with Crippen LogP contribution in [0.1, 0.15) is 23.6 Å². The Morgan fingerprint density at radius 3 is 2.26 bits per heavy atom. The summed E-state index contributed by atoms with van der Waals surface area (Å²) < 4.78 is 27.0. The molecule has 2 N–H and O–H groups in total. The average Bonchev–Trinajstić information content (AvgIpc) is 2.62. The van der Waals surface area contributed by atoms with Crippen LogP contribution in [-0.2, 0) is 14.8 Å². The monoisotopic (exact) mass is 389 g/mol. The van der Waals surface area contributed by atoms with Gasteiger partial charge in [-0.05, 0) is 38.7 Å². The molecule has 6 nitrogen and oxygen atoms in total. The first-order valence-corrected chi connectivity index (χ1v) is 10.3. The minimum Gasteiger partial charge on any atom is -0.348 e. The van der Waals surface area contributed by atoms with Crippen LogP contribution in [0.15, 0.2) is 59.5 Å². The van der Waals surface area contributed by atoms with Crippen LogP contribution in [0.4, 0.5) is 0 Å². The Kier molecular flexibility index (Phi) is 7.53. The summed E-state index contributed by atoms with van der Waals surface area (Å²) in [5.74, 6) is -0.197. The van der Waals surface area contributed by atoms with Gasteiger partial charge in [0.1, 0.15) is 0 Å². The van der Waals surface area contributed by atoms with Crippen LogP contribution in [0.5, 0.6) is 0 Å². The van der Waals surface area contributed by atoms with Crippen LogP contribution in [0, 0.1) is 6.92 Å². The molecule has 2 aromatic rings. The fourth-order valence-electron chi connectivity index (χ4n) is 2.65. The van der Waals surface area contributed by atoms with Crippen molar-refractivity contribution in [3.05, 3.63) is 65.7 Å². The smallest absolute Gasteiger partial charge is 0.240 e. The zero-order chi connectivity index (χ0) is 19.9. The second kappa shape index (κ2) is 9.64. The van der Waals surface area contributed by atoms with Gasteiger partial charge in [-0.1, -0.05) is 48.0 Å². The highest BCUT2D eigenvalue weighted by atomic mass is 32.2. The summed E-state index contributed by atoms with van der Waals surface area (Å²) in [6.07, 6.45) is 0.0713. The van der Waals surface area contributed by atoms with E-state index in [9.17, 15) is 13.2 Å². The van der Waals surface area contributed by atoms with E-state index in [1.807, 2.05) is 56.3 Å². The van der Waals surface area contributed by atoms with Gasteiger partial charge in [0, 0.05) is 19.5 Å². The van der Waals surface area contributed by atoms with E-state index in [1.54, 1.807) is 24.3 Å². The van der Waals surface area contributed by atoms with Gasteiger partial charge in [-0.3, -0.25) is 4.79 Å². The van der Waals surface area contributed by atoms with Crippen molar-refractivity contribution in [2.45, 2.75) is 24.3 Å². The maximum atomic E-state index is 12.3. The molecule has 0 fully saturated rings. The van der Waals surface area contributed by atoms with E-state index in [0.717, 1.165) is 11.1 Å². The predicted octanol–water partition coefficient (Wildman–Crippen LogP) is 2.08. The summed E-state index contributed by atoms with van der Waals surface area (Å²) in [6, 6.07) is 16.2. The molecule has 0 saturated heterocycles. The summed E-state index contributed by atoms with van der Waals surface area (Å²) in [5.41, 5.74) is 2.00. The number of carbonyl (C=O) groups is 1. The highest BCUT2D eigenvalue weighted by molar-refractivity contribution is 7.89. The number of carbonyl (C=O) groups excluding carboxylic acids is 1. The zero-order valence-corrected chi connectivity index (χ0v) is 16.8. The second-order valence-electron chi connectivity index (χ2n) is 6.75. The van der Waals surface area contributed by atoms with Crippen molar-refractivity contribution >= 4 is 15.9 Å². The van der Waals surface area contributed by atoms with E-state index in [1.165, 1.54) is 0 Å². The molecular formula is C20H27N3O3S. The van der Waals surface area contributed by atoms with Gasteiger partial charge in [-0.25, -0.2) is 13.1 Å². The highest BCUT2D eigenvalue weighted by Crippen LogP contribution is 2.14. The number of rotatable bonds is 9. The lowest BCUT2D eigenvalue weighted by Gasteiger charge is -2.23. The van der Waals surface area contributed by atoms with Crippen molar-refractivity contribution in [1.82, 2.24) is 14.9 Å². The second-order valence-corrected chi connectivity index (χ2v) is 8.52. The lowest BCUT2D eigenvalue weighted by molar-refractivity contribution is -0.121. The van der Waals surface area contributed by atoms with Crippen LogP contribution in [0.25, 0.3) is 0 Å². The maximum absolute atomic E-state index is 12.3. The van der Waals surface area contributed by atoms with Crippen molar-refractivity contribution in [2.75, 3.05) is 27.2 Å². The van der Waals surface area contributed by atoms with Crippen molar-refractivity contribution in [1.29, 1.82) is 0 Å². The Labute approximate surface area is 161 Å². The van der Waals surface area contributed by atoms with Crippen LogP contribution in [-0.4, -0.2) is 46.4 Å². The normalized spacial score (nSPS) is 12.7. The molecule has 0 aliphatic heterocycles. The number of amides is 1. The number of aryl methyl sites for hydroxylation is 1. The Balaban J connectivity index is 1.91. The van der Waals surface area contributed by atoms with Gasteiger partial charge < -0.3 is 10.2 Å². The van der Waals surface area contributed by atoms with E-state index in [2.05, 4.69) is 10.0 Å². The third-order valence-corrected chi connectivity index (χ3v) is 5.54. The molecule has 146 valence electrons. The van der Waals surface area contributed by atoms with E-state index in [0.29, 0.717) is 6.54 Å². The third kappa shape index (κ3) is 6.78. The van der Waals surface area contributed by atoms with Crippen molar-refractivity contribution < 1.29 is 13.2 Å². The number of nitrogens with one attached hydrogen (secondary N) is 2. The third-order valence-electron chi connectivity index (χ3n) is 4.06. The summed E-state index contributed by atoms with van der Waals surface area (Å²) in [7, 11) is 0.274. The van der Waals surface area contributed by atoms with Gasteiger partial charge in [0.15, 0.2) is 0 Å². The van der Waals surface area contributed by atoms with Gasteiger partial charge in [0.05, 0.1) is 10.9 Å². The number of benzene rings is 2. The maximum Gasteiger partial charge on any atom is 0.240 e. The first kappa shape index (κ1) is 21.1. The molecule has 0 spiro atoms. The zero-order valence-electron chi connectivity index (χ0n) is 16.0. The molecule has 1 amide bonds. The van der Waals surface area contributed by atoms with Crippen LogP contribution in [0.2, 0.25) is 0 Å². The SMILES string of the molecule is Cc1ccc(S(=O)(=O)NCCC(=O)N[C@H](CN(C)C)c2ccccc2)cc1. The first-order valence-electron chi connectivity index (χ1n) is 8.83. The Morgan fingerprint density at radius 1 is 1.04 bits per heavy atom. The van der Waals surface area contributed by atoms with Crippen LogP contribution in [0.3, 0.4) is 0 Å². The number of nitrogens with zero attached hydrogens (tertiary/aromatic N) is 1. The van der Waals surface area contributed by atoms with Gasteiger partial charge in [-0.15, -0.1) is 0 Å². The Hall–Kier alpha value is -2.22. The quantitative estimate of drug-likeness (QED) is 0.688. The molecule has 27 heavy (non-hydrogen) atoms. The number of likely N-dealkylation sites (N-methyl/N-ethyl adjacent to an activating group) is 1. The molecule has 1 atom stereocenters. The predicted molar refractivity (Wildman–Crippen MR) is 107 cm³/mol. The molecule has 0 bridgehead atoms. The minimum atomic E-state index is -3.61. The summed E-state index contributed by atoms with van der Waals surface area (Å²) >= 11 is 0. The van der Waals surface area contributed by atoms with E-state index < -0.39 is 10.0 Å². The van der Waals surface area contributed by atoms with E-state index in [-0.39, 0.29) is 29.8 Å². The Bertz CT molecular complexity index is 835. The van der Waals surface area contributed by atoms with Gasteiger partial charge in [0.2, 0.25) is 15.9 Å². The number of hydrogen-bond acceptors (Lipinski definition) is 4. The van der Waals surface area contributed by atoms with Gasteiger partial charge in [0.25, 0.3) is 0 Å². The number of sulfonamides is 1. The largest absolute Gasteiger partial charge is 0.348 e. The molecule has 2 aromatic carbocycles. The molecule has 0 aliphatic rings. The van der Waals surface area contributed by atoms with Crippen molar-refractivity contribution in [3.8, 4) is 0 Å². The Morgan fingerprint density at radius 2 is 1.67 bits per heavy atom. The van der Waals surface area contributed by atoms with E-state index in [4.69, 9.17) is 0 Å². The topological polar surface area (TPSA) is 78.5 Å². The van der Waals surface area contributed by atoms with Crippen molar-refractivity contribution in [2.24, 2.45) is 0 Å². The first-order chi connectivity index (χ1) is 12.8. The molecule has 2 rings (SSSR count). The standard InChI is InChI=1S/C20H27N3O3S/c1-16-9-11-18(12-10-16)27(25,26)21-14-13-20(24)22-19(15-23(2)3)17-7-5-4-6-8-17/h4-12,19,21H,13-15H2,1-3H3,(H,22,24)/t19-/m1/s1. The minimum absolute atomic E-state index is 0.0471.